The molecule has 0 aliphatic carbocycles. The van der Waals surface area contributed by atoms with Gasteiger partial charge in [0, 0.05) is 34.0 Å². The predicted molar refractivity (Wildman–Crippen MR) is 192 cm³/mol. The first kappa shape index (κ1) is 36.8. The monoisotopic (exact) mass is 702 g/mol. The Morgan fingerprint density at radius 1 is 0.833 bits per heavy atom. The standard InChI is InChI=1S/C23H27NO2S.C13H14F3NO3S/c1-6-11-27-15-18-14-23(2,3)24-20-9-7-16(12-19(18)20)17-8-10-21(25-4)22(13-17)26-5;1-8-7-12(2,3)17-11-5-4-9(6-10(8)11)20-21(18,19)13(14,15)16/h6-10,12-14,24H,1,11,15H2,2-5H3;4-7,17H,1-3H3. The maximum Gasteiger partial charge on any atom is 0.534 e. The smallest absolute Gasteiger partial charge is 0.493 e. The first-order valence-corrected chi connectivity index (χ1v) is 17.6. The Balaban J connectivity index is 0.000000224. The number of thioether (sulfide) groups is 1. The number of alkyl halides is 3. The third kappa shape index (κ3) is 8.70. The molecule has 0 saturated heterocycles. The Labute approximate surface area is 285 Å². The van der Waals surface area contributed by atoms with Crippen LogP contribution in [0.4, 0.5) is 24.5 Å². The fourth-order valence-corrected chi connectivity index (χ4v) is 6.76. The largest absolute Gasteiger partial charge is 0.534 e. The molecule has 12 heteroatoms. The molecule has 0 aromatic heterocycles. The fourth-order valence-electron chi connectivity index (χ4n) is 5.57. The van der Waals surface area contributed by atoms with Crippen LogP contribution in [0, 0.1) is 0 Å². The Morgan fingerprint density at radius 3 is 2.04 bits per heavy atom. The van der Waals surface area contributed by atoms with Crippen molar-refractivity contribution in [1.29, 1.82) is 0 Å². The van der Waals surface area contributed by atoms with Crippen molar-refractivity contribution in [2.75, 3.05) is 36.4 Å². The summed E-state index contributed by atoms with van der Waals surface area (Å²) in [6.45, 7) is 13.9. The van der Waals surface area contributed by atoms with E-state index < -0.39 is 15.6 Å². The average Bonchev–Trinajstić information content (AvgIpc) is 2.99. The van der Waals surface area contributed by atoms with Gasteiger partial charge in [0.25, 0.3) is 0 Å². The molecule has 0 atom stereocenters. The molecular weight excluding hydrogens is 662 g/mol. The quantitative estimate of drug-likeness (QED) is 0.0988. The van der Waals surface area contributed by atoms with Crippen LogP contribution < -0.4 is 24.3 Å². The fraction of sp³-hybridized carbons (Fsp3) is 0.333. The van der Waals surface area contributed by atoms with Crippen LogP contribution in [-0.4, -0.2) is 50.7 Å². The number of allylic oxidation sites excluding steroid dienone is 1. The van der Waals surface area contributed by atoms with Crippen LogP contribution >= 0.6 is 11.8 Å². The summed E-state index contributed by atoms with van der Waals surface area (Å²) in [6.07, 6.45) is 6.19. The zero-order valence-electron chi connectivity index (χ0n) is 28.0. The number of benzene rings is 3. The highest BCUT2D eigenvalue weighted by Crippen LogP contribution is 2.40. The molecular formula is C36H41F3N2O5S2. The van der Waals surface area contributed by atoms with Crippen molar-refractivity contribution in [3.63, 3.8) is 0 Å². The van der Waals surface area contributed by atoms with Gasteiger partial charge in [-0.05, 0) is 99.4 Å². The van der Waals surface area contributed by atoms with Crippen LogP contribution in [-0.2, 0) is 10.1 Å². The molecule has 48 heavy (non-hydrogen) atoms. The first-order chi connectivity index (χ1) is 22.4. The molecule has 0 saturated carbocycles. The van der Waals surface area contributed by atoms with E-state index in [9.17, 15) is 21.6 Å². The third-order valence-corrected chi connectivity index (χ3v) is 9.47. The lowest BCUT2D eigenvalue weighted by atomic mass is 9.89. The maximum absolute atomic E-state index is 12.3. The molecule has 3 aromatic carbocycles. The van der Waals surface area contributed by atoms with Gasteiger partial charge >= 0.3 is 15.6 Å². The van der Waals surface area contributed by atoms with E-state index >= 15 is 0 Å². The zero-order chi connectivity index (χ0) is 35.5. The number of hydrogen-bond donors (Lipinski definition) is 2. The van der Waals surface area contributed by atoms with Gasteiger partial charge in [-0.3, -0.25) is 0 Å². The molecule has 7 nitrogen and oxygen atoms in total. The van der Waals surface area contributed by atoms with Crippen LogP contribution in [0.25, 0.3) is 22.3 Å². The molecule has 0 bridgehead atoms. The summed E-state index contributed by atoms with van der Waals surface area (Å²) < 4.78 is 73.8. The molecule has 0 spiro atoms. The summed E-state index contributed by atoms with van der Waals surface area (Å²) in [5, 5.41) is 6.81. The topological polar surface area (TPSA) is 85.9 Å². The summed E-state index contributed by atoms with van der Waals surface area (Å²) in [5.74, 6) is 3.03. The van der Waals surface area contributed by atoms with Crippen molar-refractivity contribution in [3.05, 3.63) is 90.5 Å². The van der Waals surface area contributed by atoms with Gasteiger partial charge < -0.3 is 24.3 Å². The number of halogens is 3. The summed E-state index contributed by atoms with van der Waals surface area (Å²) in [6, 6.07) is 16.6. The van der Waals surface area contributed by atoms with Crippen LogP contribution in [0.1, 0.15) is 45.7 Å². The minimum absolute atomic E-state index is 0.0536. The second-order valence-electron chi connectivity index (χ2n) is 12.5. The molecule has 258 valence electrons. The minimum Gasteiger partial charge on any atom is -0.493 e. The van der Waals surface area contributed by atoms with Gasteiger partial charge in [0.2, 0.25) is 0 Å². The average molecular weight is 703 g/mol. The maximum atomic E-state index is 12.3. The zero-order valence-corrected chi connectivity index (χ0v) is 29.7. The highest BCUT2D eigenvalue weighted by Gasteiger charge is 2.48. The number of fused-ring (bicyclic) bond motifs is 2. The van der Waals surface area contributed by atoms with E-state index in [1.54, 1.807) is 21.1 Å². The van der Waals surface area contributed by atoms with Gasteiger partial charge in [-0.2, -0.15) is 33.4 Å². The van der Waals surface area contributed by atoms with Gasteiger partial charge in [0.1, 0.15) is 5.75 Å². The van der Waals surface area contributed by atoms with E-state index in [4.69, 9.17) is 9.47 Å². The molecule has 0 fully saturated rings. The highest BCUT2D eigenvalue weighted by molar-refractivity contribution is 7.99. The Hall–Kier alpha value is -4.03. The van der Waals surface area contributed by atoms with Crippen molar-refractivity contribution < 1.29 is 35.2 Å². The van der Waals surface area contributed by atoms with E-state index in [2.05, 4.69) is 65.6 Å². The SMILES string of the molecule is C=CCSCC1=CC(C)(C)Nc2ccc(-c3ccc(OC)c(OC)c3)cc21.CC1=CC(C)(C)Nc2ccc(OS(=O)(=O)C(F)(F)F)cc21. The predicted octanol–water partition coefficient (Wildman–Crippen LogP) is 9.40. The van der Waals surface area contributed by atoms with Crippen LogP contribution in [0.3, 0.4) is 0 Å². The molecule has 2 aliphatic heterocycles. The summed E-state index contributed by atoms with van der Waals surface area (Å²) in [7, 11) is -2.34. The van der Waals surface area contributed by atoms with Gasteiger partial charge in [0.05, 0.1) is 25.3 Å². The van der Waals surface area contributed by atoms with E-state index in [1.807, 2.05) is 49.9 Å². The summed E-state index contributed by atoms with van der Waals surface area (Å²) in [4.78, 5) is 0. The van der Waals surface area contributed by atoms with Crippen molar-refractivity contribution in [2.45, 2.75) is 51.2 Å². The normalized spacial score (nSPS) is 15.9. The molecule has 0 unspecified atom stereocenters. The molecule has 2 heterocycles. The lowest BCUT2D eigenvalue weighted by Gasteiger charge is -2.32. The van der Waals surface area contributed by atoms with Gasteiger partial charge in [-0.1, -0.05) is 30.4 Å². The summed E-state index contributed by atoms with van der Waals surface area (Å²) in [5.41, 5.74) is 2.41. The molecule has 3 aromatic rings. The third-order valence-electron chi connectivity index (χ3n) is 7.51. The first-order valence-electron chi connectivity index (χ1n) is 15.1. The van der Waals surface area contributed by atoms with E-state index in [0.29, 0.717) is 11.3 Å². The van der Waals surface area contributed by atoms with Crippen molar-refractivity contribution in [2.24, 2.45) is 0 Å². The second kappa shape index (κ2) is 14.2. The second-order valence-corrected chi connectivity index (χ2v) is 15.1. The number of methoxy groups -OCH3 is 2. The van der Waals surface area contributed by atoms with Gasteiger partial charge in [0.15, 0.2) is 11.5 Å². The molecule has 2 aliphatic rings. The Bertz CT molecular complexity index is 1850. The van der Waals surface area contributed by atoms with Crippen molar-refractivity contribution >= 4 is 44.4 Å². The van der Waals surface area contributed by atoms with Crippen LogP contribution in [0.5, 0.6) is 17.2 Å². The highest BCUT2D eigenvalue weighted by atomic mass is 32.2. The lowest BCUT2D eigenvalue weighted by molar-refractivity contribution is -0.0500. The van der Waals surface area contributed by atoms with E-state index in [-0.39, 0.29) is 16.8 Å². The number of hydrogen-bond acceptors (Lipinski definition) is 8. The molecule has 5 rings (SSSR count). The summed E-state index contributed by atoms with van der Waals surface area (Å²) >= 11 is 1.89. The number of nitrogens with one attached hydrogen (secondary N) is 2. The van der Waals surface area contributed by atoms with Gasteiger partial charge in [-0.15, -0.1) is 6.58 Å². The van der Waals surface area contributed by atoms with E-state index in [0.717, 1.165) is 39.7 Å². The number of rotatable bonds is 9. The van der Waals surface area contributed by atoms with Gasteiger partial charge in [-0.25, -0.2) is 0 Å². The lowest BCUT2D eigenvalue weighted by Crippen LogP contribution is -2.32. The van der Waals surface area contributed by atoms with Crippen LogP contribution in [0.15, 0.2) is 79.4 Å². The minimum atomic E-state index is -5.66. The number of ether oxygens (including phenoxy) is 2. The molecule has 2 N–H and O–H groups in total. The van der Waals surface area contributed by atoms with Crippen molar-refractivity contribution in [1.82, 2.24) is 0 Å². The van der Waals surface area contributed by atoms with Crippen LogP contribution in [0.2, 0.25) is 0 Å². The Kier molecular flexibility index (Phi) is 10.9. The molecule has 0 amide bonds. The molecule has 0 radical (unpaired) electrons. The Morgan fingerprint density at radius 2 is 1.42 bits per heavy atom. The van der Waals surface area contributed by atoms with E-state index in [1.165, 1.54) is 35.0 Å². The van der Waals surface area contributed by atoms with Crippen molar-refractivity contribution in [3.8, 4) is 28.4 Å². The number of anilines is 2.